The van der Waals surface area contributed by atoms with Crippen molar-refractivity contribution in [2.45, 2.75) is 45.4 Å². The number of benzene rings is 1. The van der Waals surface area contributed by atoms with Crippen LogP contribution in [-0.4, -0.2) is 43.2 Å². The number of rotatable bonds is 6. The summed E-state index contributed by atoms with van der Waals surface area (Å²) in [4.78, 5) is 14.2. The largest absolute Gasteiger partial charge is 0.490 e. The summed E-state index contributed by atoms with van der Waals surface area (Å²) < 4.78 is 6.03. The summed E-state index contributed by atoms with van der Waals surface area (Å²) in [5, 5.41) is 5.62. The minimum Gasteiger partial charge on any atom is -0.490 e. The number of urea groups is 1. The molecule has 0 radical (unpaired) electrons. The summed E-state index contributed by atoms with van der Waals surface area (Å²) in [6.45, 7) is 6.57. The molecule has 0 bridgehead atoms. The molecule has 5 nitrogen and oxygen atoms in total. The summed E-state index contributed by atoms with van der Waals surface area (Å²) in [5.41, 5.74) is 1.02. The van der Waals surface area contributed by atoms with Crippen molar-refractivity contribution in [1.82, 2.24) is 15.5 Å². The molecule has 1 saturated heterocycles. The highest BCUT2D eigenvalue weighted by Gasteiger charge is 2.18. The summed E-state index contributed by atoms with van der Waals surface area (Å²) >= 11 is 0. The Kier molecular flexibility index (Phi) is 7.15. The van der Waals surface area contributed by atoms with Crippen molar-refractivity contribution in [2.24, 2.45) is 5.92 Å². The number of ether oxygens (including phenoxy) is 1. The van der Waals surface area contributed by atoms with Gasteiger partial charge >= 0.3 is 6.03 Å². The number of carbonyl (C=O) groups excluding carboxylic acids is 1. The van der Waals surface area contributed by atoms with E-state index in [9.17, 15) is 4.79 Å². The standard InChI is InChI=1S/C20H29N3O2/c1-5-19(15(2)3)22-20(24)21-14-16-6-8-17(9-7-16)25-18-10-12-23(4)13-11-18/h1,6-9,15,18-19H,10-14H2,2-4H3,(H2,21,22,24)/t19-/m0/s1. The van der Waals surface area contributed by atoms with Gasteiger partial charge in [-0.1, -0.05) is 31.9 Å². The maximum atomic E-state index is 11.9. The van der Waals surface area contributed by atoms with Crippen molar-refractivity contribution in [2.75, 3.05) is 20.1 Å². The van der Waals surface area contributed by atoms with Crippen LogP contribution in [0.4, 0.5) is 4.79 Å². The average molecular weight is 343 g/mol. The van der Waals surface area contributed by atoms with Crippen molar-refractivity contribution in [3.05, 3.63) is 29.8 Å². The normalized spacial score (nSPS) is 16.9. The predicted molar refractivity (Wildman–Crippen MR) is 100 cm³/mol. The van der Waals surface area contributed by atoms with E-state index in [-0.39, 0.29) is 18.0 Å². The van der Waals surface area contributed by atoms with E-state index in [0.717, 1.165) is 37.2 Å². The van der Waals surface area contributed by atoms with E-state index in [2.05, 4.69) is 28.5 Å². The second kappa shape index (κ2) is 9.33. The Morgan fingerprint density at radius 3 is 2.52 bits per heavy atom. The van der Waals surface area contributed by atoms with Gasteiger partial charge in [0.15, 0.2) is 0 Å². The lowest BCUT2D eigenvalue weighted by molar-refractivity contribution is 0.114. The van der Waals surface area contributed by atoms with Crippen LogP contribution in [0.2, 0.25) is 0 Å². The summed E-state index contributed by atoms with van der Waals surface area (Å²) in [5.74, 6) is 3.67. The maximum absolute atomic E-state index is 11.9. The van der Waals surface area contributed by atoms with Crippen molar-refractivity contribution in [3.8, 4) is 18.1 Å². The van der Waals surface area contributed by atoms with Crippen LogP contribution < -0.4 is 15.4 Å². The summed E-state index contributed by atoms with van der Waals surface area (Å²) in [7, 11) is 2.14. The van der Waals surface area contributed by atoms with Crippen LogP contribution in [0.5, 0.6) is 5.75 Å². The number of nitrogens with one attached hydrogen (secondary N) is 2. The van der Waals surface area contributed by atoms with E-state index in [0.29, 0.717) is 12.6 Å². The molecule has 1 aliphatic rings. The smallest absolute Gasteiger partial charge is 0.316 e. The topological polar surface area (TPSA) is 53.6 Å². The number of amides is 2. The molecule has 0 aliphatic carbocycles. The first-order chi connectivity index (χ1) is 12.0. The minimum absolute atomic E-state index is 0.201. The van der Waals surface area contributed by atoms with Gasteiger partial charge in [-0.05, 0) is 43.5 Å². The quantitative estimate of drug-likeness (QED) is 0.781. The number of hydrogen-bond donors (Lipinski definition) is 2. The van der Waals surface area contributed by atoms with Gasteiger partial charge in [-0.2, -0.15) is 0 Å². The molecule has 0 spiro atoms. The van der Waals surface area contributed by atoms with Gasteiger partial charge in [0.2, 0.25) is 0 Å². The molecule has 2 N–H and O–H groups in total. The van der Waals surface area contributed by atoms with Crippen LogP contribution >= 0.6 is 0 Å². The fraction of sp³-hybridized carbons (Fsp3) is 0.550. The third kappa shape index (κ3) is 6.32. The van der Waals surface area contributed by atoms with Gasteiger partial charge < -0.3 is 20.3 Å². The van der Waals surface area contributed by atoms with Crippen molar-refractivity contribution in [3.63, 3.8) is 0 Å². The molecular weight excluding hydrogens is 314 g/mol. The van der Waals surface area contributed by atoms with Crippen LogP contribution in [0.1, 0.15) is 32.3 Å². The molecule has 25 heavy (non-hydrogen) atoms. The Morgan fingerprint density at radius 1 is 1.32 bits per heavy atom. The third-order valence-corrected chi connectivity index (χ3v) is 4.48. The van der Waals surface area contributed by atoms with Gasteiger partial charge in [-0.3, -0.25) is 0 Å². The first-order valence-electron chi connectivity index (χ1n) is 8.92. The lowest BCUT2D eigenvalue weighted by Gasteiger charge is -2.29. The van der Waals surface area contributed by atoms with E-state index in [1.165, 1.54) is 0 Å². The number of likely N-dealkylation sites (tertiary alicyclic amines) is 1. The molecule has 1 atom stereocenters. The number of nitrogens with zero attached hydrogens (tertiary/aromatic N) is 1. The fourth-order valence-corrected chi connectivity index (χ4v) is 2.76. The number of piperidine rings is 1. The molecule has 1 fully saturated rings. The second-order valence-corrected chi connectivity index (χ2v) is 6.98. The Labute approximate surface area is 151 Å². The van der Waals surface area contributed by atoms with Crippen LogP contribution in [0.25, 0.3) is 0 Å². The lowest BCUT2D eigenvalue weighted by atomic mass is 10.1. The van der Waals surface area contributed by atoms with E-state index in [4.69, 9.17) is 11.2 Å². The monoisotopic (exact) mass is 343 g/mol. The molecule has 0 saturated carbocycles. The maximum Gasteiger partial charge on any atom is 0.316 e. The predicted octanol–water partition coefficient (Wildman–Crippen LogP) is 2.62. The molecule has 2 rings (SSSR count). The molecule has 5 heteroatoms. The number of terminal acetylenes is 1. The molecular formula is C20H29N3O2. The van der Waals surface area contributed by atoms with Crippen molar-refractivity contribution >= 4 is 6.03 Å². The molecule has 1 aromatic carbocycles. The van der Waals surface area contributed by atoms with E-state index in [1.54, 1.807) is 0 Å². The highest BCUT2D eigenvalue weighted by molar-refractivity contribution is 5.74. The Bertz CT molecular complexity index is 584. The third-order valence-electron chi connectivity index (χ3n) is 4.48. The fourth-order valence-electron chi connectivity index (χ4n) is 2.76. The number of hydrogen-bond acceptors (Lipinski definition) is 3. The van der Waals surface area contributed by atoms with Gasteiger partial charge in [0.1, 0.15) is 11.9 Å². The second-order valence-electron chi connectivity index (χ2n) is 6.98. The van der Waals surface area contributed by atoms with Crippen LogP contribution in [0, 0.1) is 18.3 Å². The zero-order valence-electron chi connectivity index (χ0n) is 15.4. The van der Waals surface area contributed by atoms with E-state index < -0.39 is 0 Å². The number of carbonyl (C=O) groups is 1. The molecule has 0 aromatic heterocycles. The van der Waals surface area contributed by atoms with E-state index in [1.807, 2.05) is 38.1 Å². The molecule has 1 aliphatic heterocycles. The van der Waals surface area contributed by atoms with Gasteiger partial charge in [0.05, 0.1) is 6.04 Å². The zero-order chi connectivity index (χ0) is 18.2. The van der Waals surface area contributed by atoms with Gasteiger partial charge in [-0.15, -0.1) is 6.42 Å². The minimum atomic E-state index is -0.259. The lowest BCUT2D eigenvalue weighted by Crippen LogP contribution is -2.43. The van der Waals surface area contributed by atoms with Crippen LogP contribution in [0.15, 0.2) is 24.3 Å². The van der Waals surface area contributed by atoms with Gasteiger partial charge in [0.25, 0.3) is 0 Å². The van der Waals surface area contributed by atoms with Crippen molar-refractivity contribution in [1.29, 1.82) is 0 Å². The van der Waals surface area contributed by atoms with Crippen LogP contribution in [0.3, 0.4) is 0 Å². The van der Waals surface area contributed by atoms with Gasteiger partial charge in [-0.25, -0.2) is 4.79 Å². The van der Waals surface area contributed by atoms with Gasteiger partial charge in [0, 0.05) is 19.6 Å². The average Bonchev–Trinajstić information content (AvgIpc) is 2.60. The Hall–Kier alpha value is -2.19. The first-order valence-corrected chi connectivity index (χ1v) is 8.92. The Morgan fingerprint density at radius 2 is 1.96 bits per heavy atom. The Balaban J connectivity index is 1.76. The summed E-state index contributed by atoms with van der Waals surface area (Å²) in [6.07, 6.45) is 7.84. The summed E-state index contributed by atoms with van der Waals surface area (Å²) in [6, 6.07) is 7.38. The molecule has 2 amide bonds. The molecule has 0 unspecified atom stereocenters. The van der Waals surface area contributed by atoms with E-state index >= 15 is 0 Å². The molecule has 1 aromatic rings. The highest BCUT2D eigenvalue weighted by Crippen LogP contribution is 2.19. The van der Waals surface area contributed by atoms with Crippen LogP contribution in [-0.2, 0) is 6.54 Å². The molecule has 1 heterocycles. The first kappa shape index (κ1) is 19.1. The highest BCUT2D eigenvalue weighted by atomic mass is 16.5. The molecule has 136 valence electrons. The van der Waals surface area contributed by atoms with Crippen molar-refractivity contribution < 1.29 is 9.53 Å². The zero-order valence-corrected chi connectivity index (χ0v) is 15.4. The SMILES string of the molecule is C#C[C@H](NC(=O)NCc1ccc(OC2CCN(C)CC2)cc1)C(C)C.